The van der Waals surface area contributed by atoms with Crippen molar-refractivity contribution in [2.75, 3.05) is 7.11 Å². The lowest BCUT2D eigenvalue weighted by Crippen LogP contribution is -1.98. The average molecular weight is 313 g/mol. The molecule has 0 N–H and O–H groups in total. The molecule has 0 amide bonds. The molecule has 0 bridgehead atoms. The molecule has 1 heterocycles. The summed E-state index contributed by atoms with van der Waals surface area (Å²) in [7, 11) is 1.63. The third-order valence-electron chi connectivity index (χ3n) is 4.25. The number of fused-ring (bicyclic) bond motifs is 1. The highest BCUT2D eigenvalue weighted by atomic mass is 16.5. The number of allylic oxidation sites excluding steroid dienone is 1. The van der Waals surface area contributed by atoms with Crippen LogP contribution in [0, 0.1) is 0 Å². The van der Waals surface area contributed by atoms with Gasteiger partial charge in [-0.25, -0.2) is 0 Å². The van der Waals surface area contributed by atoms with Gasteiger partial charge in [0.2, 0.25) is 0 Å². The number of methoxy groups -OCH3 is 1. The summed E-state index contributed by atoms with van der Waals surface area (Å²) >= 11 is 0. The predicted octanol–water partition coefficient (Wildman–Crippen LogP) is 4.25. The summed E-state index contributed by atoms with van der Waals surface area (Å²) < 4.78 is 5.36. The number of pyridine rings is 1. The lowest BCUT2D eigenvalue weighted by molar-refractivity contribution is 0.105. The second kappa shape index (κ2) is 5.78. The zero-order valence-corrected chi connectivity index (χ0v) is 13.2. The first-order valence-corrected chi connectivity index (χ1v) is 7.73. The fraction of sp³-hybridized carbons (Fsp3) is 0.0476. The first-order chi connectivity index (χ1) is 11.8. The molecule has 1 aliphatic carbocycles. The summed E-state index contributed by atoms with van der Waals surface area (Å²) in [6.07, 6.45) is 3.42. The maximum atomic E-state index is 13.1. The number of ketones is 1. The number of aromatic nitrogens is 1. The summed E-state index contributed by atoms with van der Waals surface area (Å²) in [5.74, 6) is 0.781. The zero-order valence-electron chi connectivity index (χ0n) is 13.2. The fourth-order valence-corrected chi connectivity index (χ4v) is 3.14. The Balaban J connectivity index is 2.03. The van der Waals surface area contributed by atoms with Crippen molar-refractivity contribution in [2.45, 2.75) is 0 Å². The van der Waals surface area contributed by atoms with E-state index >= 15 is 0 Å². The van der Waals surface area contributed by atoms with Gasteiger partial charge in [0.15, 0.2) is 5.78 Å². The number of hydrogen-bond donors (Lipinski definition) is 0. The van der Waals surface area contributed by atoms with Crippen LogP contribution in [0.5, 0.6) is 5.75 Å². The topological polar surface area (TPSA) is 39.2 Å². The van der Waals surface area contributed by atoms with Crippen LogP contribution in [-0.4, -0.2) is 17.9 Å². The molecule has 4 rings (SSSR count). The Morgan fingerprint density at radius 1 is 0.792 bits per heavy atom. The van der Waals surface area contributed by atoms with Crippen molar-refractivity contribution in [3.63, 3.8) is 0 Å². The molecule has 3 nitrogen and oxygen atoms in total. The standard InChI is InChI=1S/C21H15NO2/c1-24-16-7-8-17-18(13-16)19(14-5-3-2-4-6-14)20(21(17)23)15-9-11-22-12-10-15/h2-13H,1H3. The first-order valence-electron chi connectivity index (χ1n) is 7.73. The summed E-state index contributed by atoms with van der Waals surface area (Å²) in [6, 6.07) is 19.3. The molecule has 1 aliphatic rings. The molecule has 0 saturated heterocycles. The average Bonchev–Trinajstić information content (AvgIpc) is 2.95. The highest BCUT2D eigenvalue weighted by Gasteiger charge is 2.31. The minimum atomic E-state index is 0.0395. The molecule has 3 heteroatoms. The highest BCUT2D eigenvalue weighted by Crippen LogP contribution is 2.43. The Labute approximate surface area is 140 Å². The Morgan fingerprint density at radius 3 is 2.21 bits per heavy atom. The first kappa shape index (κ1) is 14.4. The zero-order chi connectivity index (χ0) is 16.5. The number of carbonyl (C=O) groups is 1. The number of Topliss-reactive ketones (excluding diaryl/α,β-unsaturated/α-hetero) is 1. The predicted molar refractivity (Wildman–Crippen MR) is 93.9 cm³/mol. The van der Waals surface area contributed by atoms with Crippen molar-refractivity contribution in [1.82, 2.24) is 4.98 Å². The second-order valence-electron chi connectivity index (χ2n) is 5.59. The summed E-state index contributed by atoms with van der Waals surface area (Å²) in [5, 5.41) is 0. The number of carbonyl (C=O) groups excluding carboxylic acids is 1. The van der Waals surface area contributed by atoms with Gasteiger partial charge in [-0.15, -0.1) is 0 Å². The Bertz CT molecular complexity index is 944. The molecule has 0 aliphatic heterocycles. The molecule has 0 unspecified atom stereocenters. The molecule has 24 heavy (non-hydrogen) atoms. The van der Waals surface area contributed by atoms with E-state index in [9.17, 15) is 4.79 Å². The van der Waals surface area contributed by atoms with E-state index in [4.69, 9.17) is 4.74 Å². The highest BCUT2D eigenvalue weighted by molar-refractivity contribution is 6.41. The Hall–Kier alpha value is -3.20. The van der Waals surface area contributed by atoms with Crippen LogP contribution in [-0.2, 0) is 0 Å². The van der Waals surface area contributed by atoms with Crippen LogP contribution in [0.4, 0.5) is 0 Å². The van der Waals surface area contributed by atoms with Gasteiger partial charge in [-0.05, 0) is 47.0 Å². The van der Waals surface area contributed by atoms with Crippen molar-refractivity contribution in [3.05, 3.63) is 95.3 Å². The SMILES string of the molecule is COc1ccc2c(c1)C(c1ccccc1)=C(c1ccncc1)C2=O. The van der Waals surface area contributed by atoms with E-state index in [0.29, 0.717) is 11.1 Å². The maximum Gasteiger partial charge on any atom is 0.194 e. The van der Waals surface area contributed by atoms with E-state index in [1.165, 1.54) is 0 Å². The Morgan fingerprint density at radius 2 is 1.50 bits per heavy atom. The molecule has 0 atom stereocenters. The van der Waals surface area contributed by atoms with Crippen molar-refractivity contribution >= 4 is 16.9 Å². The molecule has 1 aromatic heterocycles. The molecule has 0 spiro atoms. The molecule has 3 aromatic rings. The van der Waals surface area contributed by atoms with Gasteiger partial charge in [-0.3, -0.25) is 9.78 Å². The van der Waals surface area contributed by atoms with E-state index in [1.807, 2.05) is 60.7 Å². The van der Waals surface area contributed by atoms with Crippen molar-refractivity contribution < 1.29 is 9.53 Å². The largest absolute Gasteiger partial charge is 0.497 e. The molecule has 0 radical (unpaired) electrons. The monoisotopic (exact) mass is 313 g/mol. The van der Waals surface area contributed by atoms with Crippen molar-refractivity contribution in [1.29, 1.82) is 0 Å². The second-order valence-corrected chi connectivity index (χ2v) is 5.59. The smallest absolute Gasteiger partial charge is 0.194 e. The van der Waals surface area contributed by atoms with Crippen LogP contribution >= 0.6 is 0 Å². The minimum Gasteiger partial charge on any atom is -0.497 e. The Kier molecular flexibility index (Phi) is 3.47. The van der Waals surface area contributed by atoms with Crippen LogP contribution in [0.1, 0.15) is 27.0 Å². The van der Waals surface area contributed by atoms with Gasteiger partial charge < -0.3 is 4.74 Å². The molecule has 0 saturated carbocycles. The normalized spacial score (nSPS) is 13.1. The van der Waals surface area contributed by atoms with Crippen LogP contribution < -0.4 is 4.74 Å². The third-order valence-corrected chi connectivity index (χ3v) is 4.25. The van der Waals surface area contributed by atoms with Crippen molar-refractivity contribution in [2.24, 2.45) is 0 Å². The lowest BCUT2D eigenvalue weighted by atomic mass is 9.95. The van der Waals surface area contributed by atoms with Crippen molar-refractivity contribution in [3.8, 4) is 5.75 Å². The number of hydrogen-bond acceptors (Lipinski definition) is 3. The minimum absolute atomic E-state index is 0.0395. The third kappa shape index (κ3) is 2.22. The summed E-state index contributed by atoms with van der Waals surface area (Å²) in [4.78, 5) is 17.1. The van der Waals surface area contributed by atoms with Gasteiger partial charge in [-0.2, -0.15) is 0 Å². The number of nitrogens with zero attached hydrogens (tertiary/aromatic N) is 1. The quantitative estimate of drug-likeness (QED) is 0.726. The summed E-state index contributed by atoms with van der Waals surface area (Å²) in [5.41, 5.74) is 5.18. The van der Waals surface area contributed by atoms with E-state index < -0.39 is 0 Å². The van der Waals surface area contributed by atoms with E-state index in [2.05, 4.69) is 4.98 Å². The van der Waals surface area contributed by atoms with Gasteiger partial charge in [0.25, 0.3) is 0 Å². The maximum absolute atomic E-state index is 13.1. The number of benzene rings is 2. The summed E-state index contributed by atoms with van der Waals surface area (Å²) in [6.45, 7) is 0. The van der Waals surface area contributed by atoms with E-state index in [-0.39, 0.29) is 5.78 Å². The molecule has 0 fully saturated rings. The molecule has 116 valence electrons. The van der Waals surface area contributed by atoms with Gasteiger partial charge in [0.05, 0.1) is 7.11 Å². The molecule has 2 aromatic carbocycles. The van der Waals surface area contributed by atoms with Crippen LogP contribution in [0.15, 0.2) is 73.1 Å². The van der Waals surface area contributed by atoms with Crippen LogP contribution in [0.3, 0.4) is 0 Å². The number of rotatable bonds is 3. The van der Waals surface area contributed by atoms with E-state index in [0.717, 1.165) is 28.0 Å². The van der Waals surface area contributed by atoms with Crippen LogP contribution in [0.2, 0.25) is 0 Å². The molecular weight excluding hydrogens is 298 g/mol. The lowest BCUT2D eigenvalue weighted by Gasteiger charge is -2.09. The van der Waals surface area contributed by atoms with Crippen LogP contribution in [0.25, 0.3) is 11.1 Å². The van der Waals surface area contributed by atoms with E-state index in [1.54, 1.807) is 19.5 Å². The van der Waals surface area contributed by atoms with Gasteiger partial charge in [0, 0.05) is 29.1 Å². The van der Waals surface area contributed by atoms with Gasteiger partial charge >= 0.3 is 0 Å². The fourth-order valence-electron chi connectivity index (χ4n) is 3.14. The number of ether oxygens (including phenoxy) is 1. The molecular formula is C21H15NO2. The van der Waals surface area contributed by atoms with Gasteiger partial charge in [0.1, 0.15) is 5.75 Å². The van der Waals surface area contributed by atoms with Gasteiger partial charge in [-0.1, -0.05) is 30.3 Å².